The Morgan fingerprint density at radius 2 is 2.06 bits per heavy atom. The summed E-state index contributed by atoms with van der Waals surface area (Å²) in [6.07, 6.45) is 0. The minimum Gasteiger partial charge on any atom is -0.355 e. The second-order valence-corrected chi connectivity index (χ2v) is 3.96. The van der Waals surface area contributed by atoms with E-state index in [9.17, 15) is 9.59 Å². The van der Waals surface area contributed by atoms with E-state index in [4.69, 9.17) is 17.3 Å². The number of anilines is 1. The van der Waals surface area contributed by atoms with Crippen molar-refractivity contribution in [3.63, 3.8) is 0 Å². The van der Waals surface area contributed by atoms with E-state index in [1.54, 1.807) is 19.1 Å². The molecule has 0 radical (unpaired) electrons. The molecule has 0 saturated heterocycles. The number of halogens is 1. The van der Waals surface area contributed by atoms with Gasteiger partial charge in [0.05, 0.1) is 16.6 Å². The highest BCUT2D eigenvalue weighted by atomic mass is 35.5. The molecular formula is C11H14ClN3O2. The third kappa shape index (κ3) is 3.44. The molecule has 0 aliphatic rings. The van der Waals surface area contributed by atoms with Crippen LogP contribution in [0.2, 0.25) is 5.02 Å². The standard InChI is InChI=1S/C11H14ClN3O2/c1-6(13)10(16)15-7-3-4-9(12)8(5-7)11(17)14-2/h3-6H,13H2,1-2H3,(H,14,17)(H,15,16). The maximum atomic E-state index is 11.5. The highest BCUT2D eigenvalue weighted by Crippen LogP contribution is 2.20. The number of hydrogen-bond acceptors (Lipinski definition) is 3. The summed E-state index contributed by atoms with van der Waals surface area (Å²) >= 11 is 5.87. The highest BCUT2D eigenvalue weighted by Gasteiger charge is 2.12. The molecule has 0 heterocycles. The van der Waals surface area contributed by atoms with E-state index >= 15 is 0 Å². The lowest BCUT2D eigenvalue weighted by atomic mass is 10.2. The average molecular weight is 256 g/mol. The van der Waals surface area contributed by atoms with Crippen LogP contribution < -0.4 is 16.4 Å². The third-order valence-electron chi connectivity index (χ3n) is 2.12. The van der Waals surface area contributed by atoms with Gasteiger partial charge in [0.15, 0.2) is 0 Å². The molecule has 1 aromatic carbocycles. The number of nitrogens with two attached hydrogens (primary N) is 1. The maximum absolute atomic E-state index is 11.5. The van der Waals surface area contributed by atoms with Gasteiger partial charge in [-0.05, 0) is 25.1 Å². The smallest absolute Gasteiger partial charge is 0.252 e. The number of rotatable bonds is 3. The van der Waals surface area contributed by atoms with Gasteiger partial charge in [-0.15, -0.1) is 0 Å². The van der Waals surface area contributed by atoms with E-state index in [0.29, 0.717) is 16.3 Å². The Bertz CT molecular complexity index is 446. The quantitative estimate of drug-likeness (QED) is 0.753. The average Bonchev–Trinajstić information content (AvgIpc) is 2.30. The number of carbonyl (C=O) groups is 2. The van der Waals surface area contributed by atoms with E-state index in [0.717, 1.165) is 0 Å². The highest BCUT2D eigenvalue weighted by molar-refractivity contribution is 6.34. The van der Waals surface area contributed by atoms with Gasteiger partial charge in [0.2, 0.25) is 5.91 Å². The Morgan fingerprint density at radius 1 is 1.41 bits per heavy atom. The van der Waals surface area contributed by atoms with Crippen LogP contribution in [-0.4, -0.2) is 24.9 Å². The van der Waals surface area contributed by atoms with Crippen molar-refractivity contribution < 1.29 is 9.59 Å². The third-order valence-corrected chi connectivity index (χ3v) is 2.45. The van der Waals surface area contributed by atoms with Crippen LogP contribution in [0.15, 0.2) is 18.2 Å². The molecular weight excluding hydrogens is 242 g/mol. The van der Waals surface area contributed by atoms with Crippen LogP contribution in [0.25, 0.3) is 0 Å². The van der Waals surface area contributed by atoms with Crippen molar-refractivity contribution in [1.82, 2.24) is 5.32 Å². The van der Waals surface area contributed by atoms with Crippen LogP contribution in [0, 0.1) is 0 Å². The fourth-order valence-electron chi connectivity index (χ4n) is 1.17. The van der Waals surface area contributed by atoms with Gasteiger partial charge < -0.3 is 16.4 Å². The summed E-state index contributed by atoms with van der Waals surface area (Å²) in [5.74, 6) is -0.637. The molecule has 0 fully saturated rings. The van der Waals surface area contributed by atoms with Gasteiger partial charge in [-0.25, -0.2) is 0 Å². The van der Waals surface area contributed by atoms with Gasteiger partial charge >= 0.3 is 0 Å². The first-order valence-electron chi connectivity index (χ1n) is 5.03. The van der Waals surface area contributed by atoms with E-state index in [1.807, 2.05) is 0 Å². The van der Waals surface area contributed by atoms with Crippen molar-refractivity contribution in [3.05, 3.63) is 28.8 Å². The molecule has 0 aliphatic carbocycles. The van der Waals surface area contributed by atoms with Gasteiger partial charge in [-0.1, -0.05) is 11.6 Å². The van der Waals surface area contributed by atoms with Crippen molar-refractivity contribution in [2.45, 2.75) is 13.0 Å². The zero-order valence-electron chi connectivity index (χ0n) is 9.58. The van der Waals surface area contributed by atoms with Crippen LogP contribution in [0.5, 0.6) is 0 Å². The minimum atomic E-state index is -0.617. The molecule has 0 spiro atoms. The molecule has 1 aromatic rings. The van der Waals surface area contributed by atoms with Crippen molar-refractivity contribution in [3.8, 4) is 0 Å². The molecule has 1 atom stereocenters. The molecule has 1 unspecified atom stereocenters. The molecule has 6 heteroatoms. The molecule has 92 valence electrons. The number of nitrogens with one attached hydrogen (secondary N) is 2. The Balaban J connectivity index is 2.97. The summed E-state index contributed by atoms with van der Waals surface area (Å²) in [5.41, 5.74) is 6.20. The second kappa shape index (κ2) is 5.65. The molecule has 0 bridgehead atoms. The predicted octanol–water partition coefficient (Wildman–Crippen LogP) is 0.985. The second-order valence-electron chi connectivity index (χ2n) is 3.55. The van der Waals surface area contributed by atoms with Crippen molar-refractivity contribution in [1.29, 1.82) is 0 Å². The molecule has 4 N–H and O–H groups in total. The normalized spacial score (nSPS) is 11.8. The van der Waals surface area contributed by atoms with Crippen LogP contribution in [0.4, 0.5) is 5.69 Å². The zero-order chi connectivity index (χ0) is 13.0. The number of benzene rings is 1. The fraction of sp³-hybridized carbons (Fsp3) is 0.273. The monoisotopic (exact) mass is 255 g/mol. The van der Waals surface area contributed by atoms with Gasteiger partial charge in [0, 0.05) is 12.7 Å². The number of carbonyl (C=O) groups excluding carboxylic acids is 2. The largest absolute Gasteiger partial charge is 0.355 e. The first-order chi connectivity index (χ1) is 7.95. The van der Waals surface area contributed by atoms with Crippen molar-refractivity contribution in [2.75, 3.05) is 12.4 Å². The summed E-state index contributed by atoms with van der Waals surface area (Å²) in [6, 6.07) is 4.04. The van der Waals surface area contributed by atoms with Crippen LogP contribution in [-0.2, 0) is 4.79 Å². The SMILES string of the molecule is CNC(=O)c1cc(NC(=O)C(C)N)ccc1Cl. The van der Waals surface area contributed by atoms with E-state index in [-0.39, 0.29) is 11.8 Å². The summed E-state index contributed by atoms with van der Waals surface area (Å²) in [4.78, 5) is 22.9. The van der Waals surface area contributed by atoms with Crippen LogP contribution in [0.1, 0.15) is 17.3 Å². The topological polar surface area (TPSA) is 84.2 Å². The lowest BCUT2D eigenvalue weighted by molar-refractivity contribution is -0.117. The molecule has 0 saturated carbocycles. The van der Waals surface area contributed by atoms with Gasteiger partial charge in [-0.2, -0.15) is 0 Å². The molecule has 17 heavy (non-hydrogen) atoms. The van der Waals surface area contributed by atoms with Crippen molar-refractivity contribution >= 4 is 29.1 Å². The Labute approximate surface area is 104 Å². The summed E-state index contributed by atoms with van der Waals surface area (Å²) in [7, 11) is 1.51. The van der Waals surface area contributed by atoms with Crippen molar-refractivity contribution in [2.24, 2.45) is 5.73 Å². The Morgan fingerprint density at radius 3 is 2.59 bits per heavy atom. The van der Waals surface area contributed by atoms with Crippen LogP contribution in [0.3, 0.4) is 0 Å². The van der Waals surface area contributed by atoms with Gasteiger partial charge in [0.25, 0.3) is 5.91 Å². The zero-order valence-corrected chi connectivity index (χ0v) is 10.3. The Hall–Kier alpha value is -1.59. The molecule has 2 amide bonds. The van der Waals surface area contributed by atoms with E-state index < -0.39 is 6.04 Å². The van der Waals surface area contributed by atoms with Gasteiger partial charge in [-0.3, -0.25) is 9.59 Å². The minimum absolute atomic E-state index is 0.302. The molecule has 0 aromatic heterocycles. The lowest BCUT2D eigenvalue weighted by Gasteiger charge is -2.10. The summed E-state index contributed by atoms with van der Waals surface area (Å²) in [5, 5.41) is 5.37. The Kier molecular flexibility index (Phi) is 4.48. The van der Waals surface area contributed by atoms with E-state index in [1.165, 1.54) is 13.1 Å². The molecule has 1 rings (SSSR count). The molecule has 5 nitrogen and oxygen atoms in total. The van der Waals surface area contributed by atoms with E-state index in [2.05, 4.69) is 10.6 Å². The summed E-state index contributed by atoms with van der Waals surface area (Å²) < 4.78 is 0. The predicted molar refractivity (Wildman–Crippen MR) is 67.1 cm³/mol. The first kappa shape index (κ1) is 13.5. The first-order valence-corrected chi connectivity index (χ1v) is 5.41. The molecule has 0 aliphatic heterocycles. The summed E-state index contributed by atoms with van der Waals surface area (Å²) in [6.45, 7) is 1.57. The van der Waals surface area contributed by atoms with Crippen LogP contribution >= 0.6 is 11.6 Å². The maximum Gasteiger partial charge on any atom is 0.252 e. The number of hydrogen-bond donors (Lipinski definition) is 3. The van der Waals surface area contributed by atoms with Gasteiger partial charge in [0.1, 0.15) is 0 Å². The lowest BCUT2D eigenvalue weighted by Crippen LogP contribution is -2.32. The number of amides is 2. The fourth-order valence-corrected chi connectivity index (χ4v) is 1.37.